The molecule has 7 nitrogen and oxygen atoms in total. The molecule has 1 aromatic carbocycles. The van der Waals surface area contributed by atoms with Crippen LogP contribution in [0.15, 0.2) is 70.3 Å². The van der Waals surface area contributed by atoms with Gasteiger partial charge in [0, 0.05) is 11.9 Å². The van der Waals surface area contributed by atoms with Gasteiger partial charge >= 0.3 is 6.18 Å². The molecule has 164 valence electrons. The topological polar surface area (TPSA) is 92.5 Å². The predicted octanol–water partition coefficient (Wildman–Crippen LogP) is 4.18. The number of amides is 1. The fourth-order valence-corrected chi connectivity index (χ4v) is 3.99. The van der Waals surface area contributed by atoms with Crippen LogP contribution in [0.4, 0.5) is 18.9 Å². The van der Waals surface area contributed by atoms with E-state index in [2.05, 4.69) is 10.3 Å². The molecule has 0 unspecified atom stereocenters. The number of alkyl halides is 3. The summed E-state index contributed by atoms with van der Waals surface area (Å²) in [5.74, 6) is -0.468. The summed E-state index contributed by atoms with van der Waals surface area (Å²) in [6, 6.07) is 9.42. The van der Waals surface area contributed by atoms with Crippen molar-refractivity contribution in [2.75, 3.05) is 11.9 Å². The molecule has 0 bridgehead atoms. The number of halogens is 4. The molecule has 0 spiro atoms. The third kappa shape index (κ3) is 5.84. The highest BCUT2D eigenvalue weighted by atomic mass is 35.5. The van der Waals surface area contributed by atoms with E-state index in [-0.39, 0.29) is 28.0 Å². The second kappa shape index (κ2) is 9.08. The number of nitrogens with one attached hydrogen (secondary N) is 1. The van der Waals surface area contributed by atoms with Crippen molar-refractivity contribution in [1.29, 1.82) is 0 Å². The van der Waals surface area contributed by atoms with Crippen molar-refractivity contribution in [3.63, 3.8) is 0 Å². The number of pyridine rings is 1. The number of hydrogen-bond acceptors (Lipinski definition) is 5. The first kappa shape index (κ1) is 22.8. The maximum atomic E-state index is 13.0. The lowest BCUT2D eigenvalue weighted by Crippen LogP contribution is -2.37. The van der Waals surface area contributed by atoms with E-state index in [0.29, 0.717) is 0 Å². The minimum Gasteiger partial charge on any atom is -0.468 e. The first-order valence-electron chi connectivity index (χ1n) is 8.67. The number of carbonyl (C=O) groups is 1. The molecule has 1 amide bonds. The summed E-state index contributed by atoms with van der Waals surface area (Å²) in [7, 11) is -4.16. The van der Waals surface area contributed by atoms with Crippen LogP contribution in [0.25, 0.3) is 0 Å². The average molecular weight is 474 g/mol. The van der Waals surface area contributed by atoms with E-state index in [4.69, 9.17) is 16.0 Å². The van der Waals surface area contributed by atoms with Gasteiger partial charge in [0.1, 0.15) is 15.8 Å². The minimum atomic E-state index is -4.51. The summed E-state index contributed by atoms with van der Waals surface area (Å²) in [5.41, 5.74) is -0.788. The summed E-state index contributed by atoms with van der Waals surface area (Å²) in [6.07, 6.45) is -2.10. The van der Waals surface area contributed by atoms with Crippen molar-refractivity contribution in [3.8, 4) is 0 Å². The number of anilines is 1. The van der Waals surface area contributed by atoms with Gasteiger partial charge in [-0.15, -0.1) is 0 Å². The largest absolute Gasteiger partial charge is 0.468 e. The van der Waals surface area contributed by atoms with Gasteiger partial charge in [0.25, 0.3) is 0 Å². The number of carbonyl (C=O) groups excluding carboxylic acids is 1. The van der Waals surface area contributed by atoms with Crippen LogP contribution < -0.4 is 5.32 Å². The van der Waals surface area contributed by atoms with Crippen molar-refractivity contribution >= 4 is 33.2 Å². The highest BCUT2D eigenvalue weighted by molar-refractivity contribution is 7.89. The van der Waals surface area contributed by atoms with Crippen LogP contribution in [0, 0.1) is 0 Å². The Morgan fingerprint density at radius 3 is 2.39 bits per heavy atom. The number of rotatable bonds is 7. The predicted molar refractivity (Wildman–Crippen MR) is 106 cm³/mol. The Morgan fingerprint density at radius 2 is 1.84 bits per heavy atom. The average Bonchev–Trinajstić information content (AvgIpc) is 3.21. The van der Waals surface area contributed by atoms with Crippen LogP contribution in [-0.2, 0) is 27.5 Å². The molecular weight excluding hydrogens is 459 g/mol. The highest BCUT2D eigenvalue weighted by Crippen LogP contribution is 2.29. The van der Waals surface area contributed by atoms with Crippen molar-refractivity contribution in [1.82, 2.24) is 9.29 Å². The molecule has 0 fully saturated rings. The molecule has 12 heteroatoms. The van der Waals surface area contributed by atoms with Gasteiger partial charge < -0.3 is 9.73 Å². The summed E-state index contributed by atoms with van der Waals surface area (Å²) in [5, 5.41) is 2.48. The molecular formula is C19H15ClF3N3O4S. The van der Waals surface area contributed by atoms with Gasteiger partial charge in [-0.2, -0.15) is 17.5 Å². The SMILES string of the molecule is O=C(CN(Cc1ccco1)S(=O)(=O)c1ccc(Cl)nc1)Nc1ccc(C(F)(F)F)cc1. The lowest BCUT2D eigenvalue weighted by atomic mass is 10.2. The van der Waals surface area contributed by atoms with Crippen LogP contribution in [0.2, 0.25) is 5.15 Å². The van der Waals surface area contributed by atoms with Gasteiger partial charge in [-0.25, -0.2) is 13.4 Å². The molecule has 0 aliphatic heterocycles. The standard InChI is InChI=1S/C19H15ClF3N3O4S/c20-17-8-7-16(10-24-17)31(28,29)26(11-15-2-1-9-30-15)12-18(27)25-14-5-3-13(4-6-14)19(21,22)23/h1-10H,11-12H2,(H,25,27). The van der Waals surface area contributed by atoms with E-state index in [1.807, 2.05) is 0 Å². The van der Waals surface area contributed by atoms with Crippen LogP contribution >= 0.6 is 11.6 Å². The molecule has 31 heavy (non-hydrogen) atoms. The van der Waals surface area contributed by atoms with Gasteiger partial charge in [-0.05, 0) is 48.5 Å². The molecule has 0 atom stereocenters. The molecule has 0 radical (unpaired) electrons. The van der Waals surface area contributed by atoms with Gasteiger partial charge in [0.2, 0.25) is 15.9 Å². The Balaban J connectivity index is 1.79. The summed E-state index contributed by atoms with van der Waals surface area (Å²) < 4.78 is 70.1. The molecule has 3 rings (SSSR count). The minimum absolute atomic E-state index is 0.0847. The Bertz CT molecular complexity index is 1130. The number of benzene rings is 1. The first-order valence-corrected chi connectivity index (χ1v) is 10.5. The fraction of sp³-hybridized carbons (Fsp3) is 0.158. The second-order valence-electron chi connectivity index (χ2n) is 6.29. The molecule has 0 saturated carbocycles. The van der Waals surface area contributed by atoms with Crippen molar-refractivity contribution in [2.45, 2.75) is 17.6 Å². The van der Waals surface area contributed by atoms with E-state index < -0.39 is 34.2 Å². The van der Waals surface area contributed by atoms with E-state index in [9.17, 15) is 26.4 Å². The highest BCUT2D eigenvalue weighted by Gasteiger charge is 2.30. The zero-order valence-electron chi connectivity index (χ0n) is 15.6. The zero-order chi connectivity index (χ0) is 22.6. The number of nitrogens with zero attached hydrogens (tertiary/aromatic N) is 2. The molecule has 0 saturated heterocycles. The Hall–Kier alpha value is -2.89. The van der Waals surface area contributed by atoms with E-state index >= 15 is 0 Å². The van der Waals surface area contributed by atoms with Crippen molar-refractivity contribution < 1.29 is 30.8 Å². The summed E-state index contributed by atoms with van der Waals surface area (Å²) in [4.78, 5) is 16.0. The van der Waals surface area contributed by atoms with Crippen molar-refractivity contribution in [2.24, 2.45) is 0 Å². The third-order valence-corrected chi connectivity index (χ3v) is 6.07. The summed E-state index contributed by atoms with van der Waals surface area (Å²) in [6.45, 7) is -0.870. The number of sulfonamides is 1. The second-order valence-corrected chi connectivity index (χ2v) is 8.62. The maximum Gasteiger partial charge on any atom is 0.416 e. The normalized spacial score (nSPS) is 12.2. The smallest absolute Gasteiger partial charge is 0.416 e. The monoisotopic (exact) mass is 473 g/mol. The quantitative estimate of drug-likeness (QED) is 0.520. The Kier molecular flexibility index (Phi) is 6.68. The molecule has 3 aromatic rings. The van der Waals surface area contributed by atoms with E-state index in [1.165, 1.54) is 24.5 Å². The lowest BCUT2D eigenvalue weighted by molar-refractivity contribution is -0.137. The van der Waals surface area contributed by atoms with Gasteiger partial charge in [0.15, 0.2) is 0 Å². The van der Waals surface area contributed by atoms with E-state index in [0.717, 1.165) is 34.8 Å². The van der Waals surface area contributed by atoms with E-state index in [1.54, 1.807) is 6.07 Å². The molecule has 2 heterocycles. The van der Waals surface area contributed by atoms with Crippen molar-refractivity contribution in [3.05, 3.63) is 77.5 Å². The number of hydrogen-bond donors (Lipinski definition) is 1. The lowest BCUT2D eigenvalue weighted by Gasteiger charge is -2.21. The Labute approximate surface area is 180 Å². The maximum absolute atomic E-state index is 13.0. The third-order valence-electron chi connectivity index (χ3n) is 4.07. The molecule has 0 aliphatic carbocycles. The Morgan fingerprint density at radius 1 is 1.13 bits per heavy atom. The summed E-state index contributed by atoms with van der Waals surface area (Å²) >= 11 is 5.70. The number of furan rings is 1. The zero-order valence-corrected chi connectivity index (χ0v) is 17.2. The number of aromatic nitrogens is 1. The molecule has 2 aromatic heterocycles. The van der Waals surface area contributed by atoms with Crippen LogP contribution in [0.3, 0.4) is 0 Å². The molecule has 1 N–H and O–H groups in total. The first-order chi connectivity index (χ1) is 14.6. The van der Waals surface area contributed by atoms with Crippen LogP contribution in [-0.4, -0.2) is 30.2 Å². The van der Waals surface area contributed by atoms with Crippen LogP contribution in [0.1, 0.15) is 11.3 Å². The van der Waals surface area contributed by atoms with Gasteiger partial charge in [0.05, 0.1) is 24.9 Å². The van der Waals surface area contributed by atoms with Gasteiger partial charge in [-0.3, -0.25) is 4.79 Å². The van der Waals surface area contributed by atoms with Crippen LogP contribution in [0.5, 0.6) is 0 Å². The van der Waals surface area contributed by atoms with Gasteiger partial charge in [-0.1, -0.05) is 11.6 Å². The fourth-order valence-electron chi connectivity index (χ4n) is 2.57. The molecule has 0 aliphatic rings.